The summed E-state index contributed by atoms with van der Waals surface area (Å²) in [7, 11) is 0. The van der Waals surface area contributed by atoms with E-state index in [0.29, 0.717) is 0 Å². The van der Waals surface area contributed by atoms with E-state index in [1.165, 1.54) is 18.4 Å². The Morgan fingerprint density at radius 1 is 1.42 bits per heavy atom. The first-order valence-corrected chi connectivity index (χ1v) is 6.65. The summed E-state index contributed by atoms with van der Waals surface area (Å²) in [6.07, 6.45) is 2.36. The Labute approximate surface area is 113 Å². The zero-order valence-corrected chi connectivity index (χ0v) is 11.0. The Kier molecular flexibility index (Phi) is 5.18. The Morgan fingerprint density at radius 3 is 2.84 bits per heavy atom. The first kappa shape index (κ1) is 13.8. The first-order chi connectivity index (χ1) is 9.29. The molecule has 0 amide bonds. The van der Waals surface area contributed by atoms with Gasteiger partial charge in [0.15, 0.2) is 5.84 Å². The predicted octanol–water partition coefficient (Wildman–Crippen LogP) is 1.30. The normalized spacial score (nSPS) is 19.8. The van der Waals surface area contributed by atoms with Crippen LogP contribution in [0.1, 0.15) is 24.0 Å². The number of nitrogens with two attached hydrogens (primary N) is 1. The van der Waals surface area contributed by atoms with Crippen LogP contribution in [0.25, 0.3) is 0 Å². The van der Waals surface area contributed by atoms with Crippen LogP contribution in [0.5, 0.6) is 0 Å². The number of amidine groups is 1. The molecule has 1 aliphatic rings. The minimum Gasteiger partial charge on any atom is -0.409 e. The zero-order chi connectivity index (χ0) is 13.5. The Bertz CT molecular complexity index is 411. The summed E-state index contributed by atoms with van der Waals surface area (Å²) < 4.78 is 5.35. The van der Waals surface area contributed by atoms with E-state index in [9.17, 15) is 0 Å². The largest absolute Gasteiger partial charge is 0.409 e. The van der Waals surface area contributed by atoms with Crippen LogP contribution in [-0.2, 0) is 11.3 Å². The average molecular weight is 263 g/mol. The van der Waals surface area contributed by atoms with E-state index in [-0.39, 0.29) is 5.84 Å². The molecule has 0 saturated carbocycles. The highest BCUT2D eigenvalue weighted by Crippen LogP contribution is 2.15. The molecule has 0 radical (unpaired) electrons. The second-order valence-corrected chi connectivity index (χ2v) is 4.88. The highest BCUT2D eigenvalue weighted by Gasteiger charge is 2.14. The summed E-state index contributed by atoms with van der Waals surface area (Å²) in [4.78, 5) is 0. The number of nitrogens with zero attached hydrogens (tertiary/aromatic N) is 1. The van der Waals surface area contributed by atoms with Crippen LogP contribution < -0.4 is 11.1 Å². The van der Waals surface area contributed by atoms with E-state index in [1.54, 1.807) is 0 Å². The van der Waals surface area contributed by atoms with Crippen molar-refractivity contribution in [1.82, 2.24) is 5.32 Å². The molecule has 1 fully saturated rings. The molecule has 1 atom stereocenters. The van der Waals surface area contributed by atoms with Crippen molar-refractivity contribution in [2.24, 2.45) is 16.8 Å². The number of oxime groups is 1. The van der Waals surface area contributed by atoms with Gasteiger partial charge in [0.25, 0.3) is 0 Å². The first-order valence-electron chi connectivity index (χ1n) is 6.65. The molecule has 1 saturated heterocycles. The maximum Gasteiger partial charge on any atom is 0.170 e. The van der Waals surface area contributed by atoms with Gasteiger partial charge in [0, 0.05) is 25.3 Å². The summed E-state index contributed by atoms with van der Waals surface area (Å²) >= 11 is 0. The van der Waals surface area contributed by atoms with Gasteiger partial charge in [0.05, 0.1) is 0 Å². The quantitative estimate of drug-likeness (QED) is 0.238. The molecule has 19 heavy (non-hydrogen) atoms. The number of rotatable bonds is 6. The van der Waals surface area contributed by atoms with E-state index >= 15 is 0 Å². The monoisotopic (exact) mass is 263 g/mol. The molecule has 2 rings (SSSR count). The molecule has 0 spiro atoms. The SMILES string of the molecule is N/C(=N/O)c1ccc(CNCCC2CCOC2)cc1. The van der Waals surface area contributed by atoms with Gasteiger partial charge in [-0.3, -0.25) is 0 Å². The zero-order valence-electron chi connectivity index (χ0n) is 11.0. The lowest BCUT2D eigenvalue weighted by atomic mass is 10.1. The van der Waals surface area contributed by atoms with Gasteiger partial charge >= 0.3 is 0 Å². The molecule has 4 N–H and O–H groups in total. The second-order valence-electron chi connectivity index (χ2n) is 4.88. The van der Waals surface area contributed by atoms with Crippen molar-refractivity contribution in [3.05, 3.63) is 35.4 Å². The molecular formula is C14H21N3O2. The summed E-state index contributed by atoms with van der Waals surface area (Å²) in [5.74, 6) is 0.858. The van der Waals surface area contributed by atoms with Crippen LogP contribution in [0.15, 0.2) is 29.4 Å². The van der Waals surface area contributed by atoms with E-state index in [0.717, 1.165) is 37.8 Å². The van der Waals surface area contributed by atoms with Crippen LogP contribution in [0, 0.1) is 5.92 Å². The van der Waals surface area contributed by atoms with Crippen LogP contribution in [0.4, 0.5) is 0 Å². The molecule has 5 heteroatoms. The molecule has 1 aromatic carbocycles. The molecule has 0 aromatic heterocycles. The van der Waals surface area contributed by atoms with Gasteiger partial charge in [-0.1, -0.05) is 29.4 Å². The summed E-state index contributed by atoms with van der Waals surface area (Å²) in [5, 5.41) is 15.0. The Hall–Kier alpha value is -1.59. The maximum absolute atomic E-state index is 8.58. The third-order valence-corrected chi connectivity index (χ3v) is 3.44. The third-order valence-electron chi connectivity index (χ3n) is 3.44. The molecule has 1 aromatic rings. The van der Waals surface area contributed by atoms with Gasteiger partial charge in [-0.2, -0.15) is 0 Å². The Morgan fingerprint density at radius 2 is 2.21 bits per heavy atom. The summed E-state index contributed by atoms with van der Waals surface area (Å²) in [6, 6.07) is 7.69. The van der Waals surface area contributed by atoms with Crippen molar-refractivity contribution in [3.63, 3.8) is 0 Å². The van der Waals surface area contributed by atoms with Crippen molar-refractivity contribution in [3.8, 4) is 0 Å². The van der Waals surface area contributed by atoms with Crippen LogP contribution in [0.2, 0.25) is 0 Å². The van der Waals surface area contributed by atoms with Gasteiger partial charge in [0.1, 0.15) is 0 Å². The Balaban J connectivity index is 1.70. The lowest BCUT2D eigenvalue weighted by Gasteiger charge is -2.09. The van der Waals surface area contributed by atoms with Gasteiger partial charge in [-0.15, -0.1) is 0 Å². The summed E-state index contributed by atoms with van der Waals surface area (Å²) in [6.45, 7) is 3.68. The fourth-order valence-corrected chi connectivity index (χ4v) is 2.20. The van der Waals surface area contributed by atoms with Crippen LogP contribution in [0.3, 0.4) is 0 Å². The van der Waals surface area contributed by atoms with Crippen LogP contribution >= 0.6 is 0 Å². The van der Waals surface area contributed by atoms with E-state index in [4.69, 9.17) is 15.7 Å². The number of nitrogens with one attached hydrogen (secondary N) is 1. The van der Waals surface area contributed by atoms with Crippen molar-refractivity contribution < 1.29 is 9.94 Å². The number of ether oxygens (including phenoxy) is 1. The highest BCUT2D eigenvalue weighted by atomic mass is 16.5. The van der Waals surface area contributed by atoms with Gasteiger partial charge in [-0.05, 0) is 30.9 Å². The van der Waals surface area contributed by atoms with Gasteiger partial charge in [-0.25, -0.2) is 0 Å². The highest BCUT2D eigenvalue weighted by molar-refractivity contribution is 5.96. The fourth-order valence-electron chi connectivity index (χ4n) is 2.20. The maximum atomic E-state index is 8.58. The fraction of sp³-hybridized carbons (Fsp3) is 0.500. The number of benzene rings is 1. The molecule has 1 unspecified atom stereocenters. The molecule has 0 bridgehead atoms. The van der Waals surface area contributed by atoms with E-state index in [2.05, 4.69) is 10.5 Å². The number of hydrogen-bond donors (Lipinski definition) is 3. The summed E-state index contributed by atoms with van der Waals surface area (Å²) in [5.41, 5.74) is 7.43. The molecule has 1 heterocycles. The van der Waals surface area contributed by atoms with Crippen molar-refractivity contribution in [2.45, 2.75) is 19.4 Å². The van der Waals surface area contributed by atoms with Crippen molar-refractivity contribution in [2.75, 3.05) is 19.8 Å². The molecule has 1 aliphatic heterocycles. The lowest BCUT2D eigenvalue weighted by Crippen LogP contribution is -2.18. The van der Waals surface area contributed by atoms with Gasteiger partial charge < -0.3 is 21.0 Å². The minimum atomic E-state index is 0.140. The second kappa shape index (κ2) is 7.11. The van der Waals surface area contributed by atoms with Crippen LogP contribution in [-0.4, -0.2) is 30.8 Å². The topological polar surface area (TPSA) is 79.9 Å². The third kappa shape index (κ3) is 4.22. The molecule has 0 aliphatic carbocycles. The van der Waals surface area contributed by atoms with Crippen molar-refractivity contribution >= 4 is 5.84 Å². The molecule has 104 valence electrons. The standard InChI is InChI=1S/C14H21N3O2/c15-14(17-18)13-3-1-11(2-4-13)9-16-7-5-12-6-8-19-10-12/h1-4,12,16,18H,5-10H2,(H2,15,17). The van der Waals surface area contributed by atoms with Crippen molar-refractivity contribution in [1.29, 1.82) is 0 Å². The molecule has 5 nitrogen and oxygen atoms in total. The lowest BCUT2D eigenvalue weighted by molar-refractivity contribution is 0.184. The minimum absolute atomic E-state index is 0.140. The van der Waals surface area contributed by atoms with E-state index < -0.39 is 0 Å². The smallest absolute Gasteiger partial charge is 0.170 e. The predicted molar refractivity (Wildman–Crippen MR) is 74.2 cm³/mol. The van der Waals surface area contributed by atoms with E-state index in [1.807, 2.05) is 24.3 Å². The molecular weight excluding hydrogens is 242 g/mol. The average Bonchev–Trinajstić information content (AvgIpc) is 2.96. The number of hydrogen-bond acceptors (Lipinski definition) is 4. The van der Waals surface area contributed by atoms with Gasteiger partial charge in [0.2, 0.25) is 0 Å².